The van der Waals surface area contributed by atoms with Crippen LogP contribution in [0.1, 0.15) is 31.4 Å². The zero-order valence-corrected chi connectivity index (χ0v) is 9.57. The summed E-state index contributed by atoms with van der Waals surface area (Å²) in [6.45, 7) is 0.368. The summed E-state index contributed by atoms with van der Waals surface area (Å²) in [6, 6.07) is 0. The Bertz CT molecular complexity index is 362. The van der Waals surface area contributed by atoms with Crippen molar-refractivity contribution in [2.24, 2.45) is 5.92 Å². The lowest BCUT2D eigenvalue weighted by atomic mass is 10.1. The molecule has 0 spiro atoms. The highest BCUT2D eigenvalue weighted by molar-refractivity contribution is 6.28. The molecule has 0 unspecified atom stereocenters. The van der Waals surface area contributed by atoms with Crippen LogP contribution in [0.2, 0.25) is 5.28 Å². The lowest BCUT2D eigenvalue weighted by Gasteiger charge is -2.09. The first-order chi connectivity index (χ1) is 7.75. The lowest BCUT2D eigenvalue weighted by Crippen LogP contribution is -2.29. The highest BCUT2D eigenvalue weighted by Gasteiger charge is 2.22. The minimum absolute atomic E-state index is 0.106. The van der Waals surface area contributed by atoms with Crippen molar-refractivity contribution < 1.29 is 4.79 Å². The van der Waals surface area contributed by atoms with Crippen molar-refractivity contribution in [1.82, 2.24) is 20.5 Å². The largest absolute Gasteiger partial charge is 0.350 e. The molecule has 1 aliphatic rings. The number of hydrogen-bond acceptors (Lipinski definition) is 4. The topological polar surface area (TPSA) is 67.8 Å². The Morgan fingerprint density at radius 1 is 1.44 bits per heavy atom. The number of hydrogen-bond donors (Lipinski definition) is 1. The summed E-state index contributed by atoms with van der Waals surface area (Å²) in [6.07, 6.45) is 5.82. The fraction of sp³-hybridized carbons (Fsp3) is 0.600. The summed E-state index contributed by atoms with van der Waals surface area (Å²) in [5.41, 5.74) is 0.621. The van der Waals surface area contributed by atoms with Gasteiger partial charge in [-0.1, -0.05) is 12.8 Å². The van der Waals surface area contributed by atoms with E-state index in [0.29, 0.717) is 12.2 Å². The van der Waals surface area contributed by atoms with Crippen molar-refractivity contribution >= 4 is 17.5 Å². The molecule has 0 radical (unpaired) electrons. The molecule has 1 aromatic rings. The number of halogens is 1. The third kappa shape index (κ3) is 2.88. The van der Waals surface area contributed by atoms with Crippen LogP contribution in [0.4, 0.5) is 0 Å². The molecule has 1 heterocycles. The van der Waals surface area contributed by atoms with E-state index in [-0.39, 0.29) is 17.1 Å². The van der Waals surface area contributed by atoms with Gasteiger partial charge in [-0.25, -0.2) is 4.98 Å². The number of aromatic nitrogens is 3. The van der Waals surface area contributed by atoms with Crippen molar-refractivity contribution in [2.75, 3.05) is 0 Å². The molecule has 0 aliphatic heterocycles. The van der Waals surface area contributed by atoms with Crippen LogP contribution in [0.5, 0.6) is 0 Å². The minimum atomic E-state index is 0.106. The first kappa shape index (κ1) is 11.3. The minimum Gasteiger partial charge on any atom is -0.350 e. The Balaban J connectivity index is 1.82. The van der Waals surface area contributed by atoms with Crippen molar-refractivity contribution in [1.29, 1.82) is 0 Å². The molecule has 5 nitrogen and oxygen atoms in total. The lowest BCUT2D eigenvalue weighted by molar-refractivity contribution is -0.124. The molecule has 0 saturated heterocycles. The summed E-state index contributed by atoms with van der Waals surface area (Å²) in [7, 11) is 0. The highest BCUT2D eigenvalue weighted by atomic mass is 35.5. The molecular weight excluding hydrogens is 228 g/mol. The molecule has 0 aromatic carbocycles. The van der Waals surface area contributed by atoms with Crippen molar-refractivity contribution in [2.45, 2.75) is 32.2 Å². The summed E-state index contributed by atoms with van der Waals surface area (Å²) in [4.78, 5) is 15.5. The van der Waals surface area contributed by atoms with Gasteiger partial charge in [0.15, 0.2) is 0 Å². The summed E-state index contributed by atoms with van der Waals surface area (Å²) in [5.74, 6) is 0.280. The Morgan fingerprint density at radius 2 is 2.19 bits per heavy atom. The zero-order chi connectivity index (χ0) is 11.4. The van der Waals surface area contributed by atoms with Crippen LogP contribution < -0.4 is 5.32 Å². The molecule has 0 atom stereocenters. The Morgan fingerprint density at radius 3 is 2.81 bits per heavy atom. The van der Waals surface area contributed by atoms with Gasteiger partial charge in [0.05, 0.1) is 12.7 Å². The number of nitrogens with one attached hydrogen (secondary N) is 1. The molecule has 1 aromatic heterocycles. The SMILES string of the molecule is O=C(NCc1cnc(Cl)nn1)C1CCCC1. The van der Waals surface area contributed by atoms with Gasteiger partial charge in [-0.05, 0) is 24.4 Å². The normalized spacial score (nSPS) is 16.3. The van der Waals surface area contributed by atoms with E-state index in [9.17, 15) is 4.79 Å². The first-order valence-corrected chi connectivity index (χ1v) is 5.75. The summed E-state index contributed by atoms with van der Waals surface area (Å²) < 4.78 is 0. The van der Waals surface area contributed by atoms with E-state index >= 15 is 0 Å². The molecule has 1 aliphatic carbocycles. The van der Waals surface area contributed by atoms with Crippen LogP contribution in [-0.4, -0.2) is 21.1 Å². The zero-order valence-electron chi connectivity index (χ0n) is 8.82. The van der Waals surface area contributed by atoms with Crippen LogP contribution in [-0.2, 0) is 11.3 Å². The first-order valence-electron chi connectivity index (χ1n) is 5.37. The Kier molecular flexibility index (Phi) is 3.66. The van der Waals surface area contributed by atoms with Gasteiger partial charge in [-0.3, -0.25) is 4.79 Å². The maximum Gasteiger partial charge on any atom is 0.242 e. The molecule has 86 valence electrons. The van der Waals surface area contributed by atoms with Crippen molar-refractivity contribution in [3.05, 3.63) is 17.2 Å². The second-order valence-corrected chi connectivity index (χ2v) is 4.26. The van der Waals surface area contributed by atoms with E-state index < -0.39 is 0 Å². The number of carbonyl (C=O) groups excluding carboxylic acids is 1. The molecule has 1 amide bonds. The fourth-order valence-electron chi connectivity index (χ4n) is 1.88. The van der Waals surface area contributed by atoms with Crippen LogP contribution >= 0.6 is 11.6 Å². The molecular formula is C10H13ClN4O. The standard InChI is InChI=1S/C10H13ClN4O/c11-10-13-6-8(14-15-10)5-12-9(16)7-3-1-2-4-7/h6-7H,1-5H2,(H,12,16). The van der Waals surface area contributed by atoms with E-state index in [1.54, 1.807) is 0 Å². The van der Waals surface area contributed by atoms with Crippen LogP contribution in [0.3, 0.4) is 0 Å². The van der Waals surface area contributed by atoms with Gasteiger partial charge < -0.3 is 5.32 Å². The van der Waals surface area contributed by atoms with Gasteiger partial charge >= 0.3 is 0 Å². The number of amides is 1. The highest BCUT2D eigenvalue weighted by Crippen LogP contribution is 2.24. The average molecular weight is 241 g/mol. The van der Waals surface area contributed by atoms with Gasteiger partial charge in [-0.15, -0.1) is 10.2 Å². The number of carbonyl (C=O) groups is 1. The van der Waals surface area contributed by atoms with Crippen LogP contribution in [0.25, 0.3) is 0 Å². The Labute approximate surface area is 98.6 Å². The van der Waals surface area contributed by atoms with Gasteiger partial charge in [0.2, 0.25) is 11.2 Å². The van der Waals surface area contributed by atoms with E-state index in [0.717, 1.165) is 25.7 Å². The van der Waals surface area contributed by atoms with E-state index in [1.165, 1.54) is 6.20 Å². The predicted molar refractivity (Wildman–Crippen MR) is 58.6 cm³/mol. The van der Waals surface area contributed by atoms with Crippen LogP contribution in [0.15, 0.2) is 6.20 Å². The van der Waals surface area contributed by atoms with Gasteiger partial charge in [0.1, 0.15) is 5.69 Å². The van der Waals surface area contributed by atoms with E-state index in [4.69, 9.17) is 11.6 Å². The molecule has 1 saturated carbocycles. The average Bonchev–Trinajstić information content (AvgIpc) is 2.81. The molecule has 2 rings (SSSR count). The van der Waals surface area contributed by atoms with E-state index in [2.05, 4.69) is 20.5 Å². The van der Waals surface area contributed by atoms with Gasteiger partial charge in [0.25, 0.3) is 0 Å². The molecule has 1 N–H and O–H groups in total. The second kappa shape index (κ2) is 5.21. The molecule has 6 heteroatoms. The van der Waals surface area contributed by atoms with Gasteiger partial charge in [-0.2, -0.15) is 0 Å². The van der Waals surface area contributed by atoms with Crippen LogP contribution in [0, 0.1) is 5.92 Å². The number of rotatable bonds is 3. The maximum atomic E-state index is 11.7. The maximum absolute atomic E-state index is 11.7. The van der Waals surface area contributed by atoms with Gasteiger partial charge in [0, 0.05) is 5.92 Å². The number of nitrogens with zero attached hydrogens (tertiary/aromatic N) is 3. The third-order valence-corrected chi connectivity index (χ3v) is 2.92. The quantitative estimate of drug-likeness (QED) is 0.866. The fourth-order valence-corrected chi connectivity index (χ4v) is 1.96. The summed E-state index contributed by atoms with van der Waals surface area (Å²) in [5, 5.41) is 10.4. The Hall–Kier alpha value is -1.23. The molecule has 16 heavy (non-hydrogen) atoms. The van der Waals surface area contributed by atoms with E-state index in [1.807, 2.05) is 0 Å². The predicted octanol–water partition coefficient (Wildman–Crippen LogP) is 1.33. The monoisotopic (exact) mass is 240 g/mol. The second-order valence-electron chi connectivity index (χ2n) is 3.92. The van der Waals surface area contributed by atoms with Crippen molar-refractivity contribution in [3.63, 3.8) is 0 Å². The molecule has 1 fully saturated rings. The third-order valence-electron chi connectivity index (χ3n) is 2.75. The summed E-state index contributed by atoms with van der Waals surface area (Å²) >= 11 is 5.51. The van der Waals surface area contributed by atoms with Crippen molar-refractivity contribution in [3.8, 4) is 0 Å². The molecule has 0 bridgehead atoms. The smallest absolute Gasteiger partial charge is 0.242 e.